The summed E-state index contributed by atoms with van der Waals surface area (Å²) in [4.78, 5) is 13.8. The number of thioether (sulfide) groups is 1. The lowest BCUT2D eigenvalue weighted by Crippen LogP contribution is -2.10. The summed E-state index contributed by atoms with van der Waals surface area (Å²) < 4.78 is 5.31. The van der Waals surface area contributed by atoms with E-state index in [1.807, 2.05) is 30.5 Å². The monoisotopic (exact) mass is 348 g/mol. The Kier molecular flexibility index (Phi) is 4.64. The highest BCUT2D eigenvalue weighted by atomic mass is 32.2. The van der Waals surface area contributed by atoms with Gasteiger partial charge in [-0.15, -0.1) is 11.8 Å². The molecule has 0 aliphatic heterocycles. The van der Waals surface area contributed by atoms with E-state index in [1.165, 1.54) is 18.9 Å². The minimum atomic E-state index is -0.249. The second-order valence-corrected chi connectivity index (χ2v) is 6.20. The van der Waals surface area contributed by atoms with Gasteiger partial charge in [-0.1, -0.05) is 36.4 Å². The van der Waals surface area contributed by atoms with Crippen molar-refractivity contribution >= 4 is 34.0 Å². The molecule has 3 aromatic carbocycles. The largest absolute Gasteiger partial charge is 0.496 e. The number of para-hydroxylation sites is 1. The Morgan fingerprint density at radius 1 is 1.12 bits per heavy atom. The Balaban J connectivity index is 2.38. The first kappa shape index (κ1) is 16.9. The van der Waals surface area contributed by atoms with E-state index in [0.29, 0.717) is 38.4 Å². The van der Waals surface area contributed by atoms with Crippen LogP contribution >= 0.6 is 11.8 Å². The van der Waals surface area contributed by atoms with Gasteiger partial charge in [0.25, 0.3) is 0 Å². The van der Waals surface area contributed by atoms with Gasteiger partial charge in [0.2, 0.25) is 0 Å². The summed E-state index contributed by atoms with van der Waals surface area (Å²) in [5, 5.41) is 11.1. The third kappa shape index (κ3) is 2.71. The van der Waals surface area contributed by atoms with E-state index >= 15 is 0 Å². The number of carbonyl (C=O) groups excluding carboxylic acids is 1. The molecule has 0 radical (unpaired) electrons. The minimum absolute atomic E-state index is 0.249. The van der Waals surface area contributed by atoms with E-state index in [-0.39, 0.29) is 5.78 Å². The van der Waals surface area contributed by atoms with Crippen LogP contribution in [0.15, 0.2) is 53.4 Å². The highest BCUT2D eigenvalue weighted by Crippen LogP contribution is 2.39. The minimum Gasteiger partial charge on any atom is -0.496 e. The van der Waals surface area contributed by atoms with Crippen molar-refractivity contribution in [1.29, 1.82) is 5.26 Å². The molecule has 0 heterocycles. The highest BCUT2D eigenvalue weighted by molar-refractivity contribution is 7.98. The molecule has 0 unspecified atom stereocenters. The molecule has 0 fully saturated rings. The quantitative estimate of drug-likeness (QED) is 0.433. The molecule has 2 N–H and O–H groups in total. The number of anilines is 1. The summed E-state index contributed by atoms with van der Waals surface area (Å²) in [6, 6.07) is 16.6. The molecule has 4 nitrogen and oxygen atoms in total. The van der Waals surface area contributed by atoms with Crippen LogP contribution in [0.3, 0.4) is 0 Å². The fourth-order valence-corrected chi connectivity index (χ4v) is 3.71. The standard InChI is InChI=1S/C20H16N2O2S/c1-24-16-10-6-5-9-14(16)19(23)17-18(22)13-8-4-3-7-12(13)15(11-21)20(17)25-2/h3-10H,22H2,1-2H3. The smallest absolute Gasteiger partial charge is 0.200 e. The predicted octanol–water partition coefficient (Wildman–Crippen LogP) is 4.26. The molecule has 0 amide bonds. The summed E-state index contributed by atoms with van der Waals surface area (Å²) in [6.45, 7) is 0. The van der Waals surface area contributed by atoms with Gasteiger partial charge >= 0.3 is 0 Å². The second kappa shape index (κ2) is 6.88. The number of rotatable bonds is 4. The number of ketones is 1. The van der Waals surface area contributed by atoms with Crippen molar-refractivity contribution < 1.29 is 9.53 Å². The molecule has 124 valence electrons. The third-order valence-electron chi connectivity index (χ3n) is 4.10. The van der Waals surface area contributed by atoms with Gasteiger partial charge in [-0.2, -0.15) is 5.26 Å². The number of hydrogen-bond acceptors (Lipinski definition) is 5. The molecule has 3 aromatic rings. The maximum atomic E-state index is 13.3. The van der Waals surface area contributed by atoms with E-state index in [4.69, 9.17) is 10.5 Å². The van der Waals surface area contributed by atoms with Crippen molar-refractivity contribution in [1.82, 2.24) is 0 Å². The Bertz CT molecular complexity index is 1020. The number of nitrogens with two attached hydrogens (primary N) is 1. The average Bonchev–Trinajstić information content (AvgIpc) is 2.67. The zero-order valence-electron chi connectivity index (χ0n) is 13.9. The molecule has 0 aliphatic rings. The van der Waals surface area contributed by atoms with Crippen LogP contribution in [-0.4, -0.2) is 19.1 Å². The Morgan fingerprint density at radius 2 is 1.76 bits per heavy atom. The van der Waals surface area contributed by atoms with Crippen LogP contribution in [0.4, 0.5) is 5.69 Å². The van der Waals surface area contributed by atoms with Gasteiger partial charge in [-0.25, -0.2) is 0 Å². The summed E-state index contributed by atoms with van der Waals surface area (Å²) in [5.74, 6) is 0.229. The first-order chi connectivity index (χ1) is 12.1. The Hall–Kier alpha value is -2.97. The van der Waals surface area contributed by atoms with E-state index in [0.717, 1.165) is 5.39 Å². The van der Waals surface area contributed by atoms with Crippen molar-refractivity contribution in [3.8, 4) is 11.8 Å². The number of nitriles is 1. The first-order valence-electron chi connectivity index (χ1n) is 7.60. The number of nitrogens with zero attached hydrogens (tertiary/aromatic N) is 1. The Morgan fingerprint density at radius 3 is 2.40 bits per heavy atom. The number of fused-ring (bicyclic) bond motifs is 1. The zero-order chi connectivity index (χ0) is 18.0. The van der Waals surface area contributed by atoms with Crippen LogP contribution in [0.2, 0.25) is 0 Å². The number of carbonyl (C=O) groups is 1. The van der Waals surface area contributed by atoms with Gasteiger partial charge in [0.1, 0.15) is 11.8 Å². The van der Waals surface area contributed by atoms with Crippen LogP contribution in [0.5, 0.6) is 5.75 Å². The molecule has 0 saturated carbocycles. The molecule has 0 bridgehead atoms. The third-order valence-corrected chi connectivity index (χ3v) is 4.92. The molecule has 5 heteroatoms. The van der Waals surface area contributed by atoms with Crippen LogP contribution in [0.1, 0.15) is 21.5 Å². The van der Waals surface area contributed by atoms with E-state index in [2.05, 4.69) is 6.07 Å². The van der Waals surface area contributed by atoms with Crippen molar-refractivity contribution in [3.05, 3.63) is 65.2 Å². The lowest BCUT2D eigenvalue weighted by atomic mass is 9.93. The highest BCUT2D eigenvalue weighted by Gasteiger charge is 2.25. The number of methoxy groups -OCH3 is 1. The maximum Gasteiger partial charge on any atom is 0.200 e. The lowest BCUT2D eigenvalue weighted by Gasteiger charge is -2.16. The number of nitrogen functional groups attached to an aromatic ring is 1. The van der Waals surface area contributed by atoms with Crippen LogP contribution in [0, 0.1) is 11.3 Å². The Labute approximate surface area is 150 Å². The van der Waals surface area contributed by atoms with E-state index in [1.54, 1.807) is 24.3 Å². The molecular formula is C20H16N2O2S. The van der Waals surface area contributed by atoms with Crippen molar-refractivity contribution in [2.24, 2.45) is 0 Å². The van der Waals surface area contributed by atoms with E-state index in [9.17, 15) is 10.1 Å². The SMILES string of the molecule is COc1ccccc1C(=O)c1c(SC)c(C#N)c2ccccc2c1N. The van der Waals surface area contributed by atoms with Gasteiger partial charge < -0.3 is 10.5 Å². The van der Waals surface area contributed by atoms with Crippen LogP contribution in [-0.2, 0) is 0 Å². The molecule has 3 rings (SSSR count). The molecular weight excluding hydrogens is 332 g/mol. The van der Waals surface area contributed by atoms with Crippen LogP contribution < -0.4 is 10.5 Å². The number of hydrogen-bond donors (Lipinski definition) is 1. The molecule has 0 saturated heterocycles. The molecule has 0 spiro atoms. The van der Waals surface area contributed by atoms with Crippen LogP contribution in [0.25, 0.3) is 10.8 Å². The van der Waals surface area contributed by atoms with Crippen molar-refractivity contribution in [2.75, 3.05) is 19.1 Å². The van der Waals surface area contributed by atoms with Crippen molar-refractivity contribution in [2.45, 2.75) is 4.90 Å². The zero-order valence-corrected chi connectivity index (χ0v) is 14.7. The molecule has 25 heavy (non-hydrogen) atoms. The fraction of sp³-hybridized carbons (Fsp3) is 0.100. The number of ether oxygens (including phenoxy) is 1. The van der Waals surface area contributed by atoms with Gasteiger partial charge in [-0.05, 0) is 18.4 Å². The van der Waals surface area contributed by atoms with Gasteiger partial charge in [0.15, 0.2) is 5.78 Å². The van der Waals surface area contributed by atoms with Gasteiger partial charge in [-0.3, -0.25) is 4.79 Å². The summed E-state index contributed by atoms with van der Waals surface area (Å²) in [7, 11) is 1.52. The normalized spacial score (nSPS) is 10.4. The average molecular weight is 348 g/mol. The van der Waals surface area contributed by atoms with Crippen molar-refractivity contribution in [3.63, 3.8) is 0 Å². The topological polar surface area (TPSA) is 76.1 Å². The molecule has 0 aliphatic carbocycles. The second-order valence-electron chi connectivity index (χ2n) is 5.38. The van der Waals surface area contributed by atoms with Gasteiger partial charge in [0, 0.05) is 15.7 Å². The summed E-state index contributed by atoms with van der Waals surface area (Å²) in [5.41, 5.74) is 7.99. The predicted molar refractivity (Wildman–Crippen MR) is 101 cm³/mol. The van der Waals surface area contributed by atoms with E-state index < -0.39 is 0 Å². The summed E-state index contributed by atoms with van der Waals surface area (Å²) in [6.07, 6.45) is 1.84. The molecule has 0 aromatic heterocycles. The first-order valence-corrected chi connectivity index (χ1v) is 8.82. The lowest BCUT2D eigenvalue weighted by molar-refractivity contribution is 0.103. The molecule has 0 atom stereocenters. The maximum absolute atomic E-state index is 13.3. The summed E-state index contributed by atoms with van der Waals surface area (Å²) >= 11 is 1.35. The fourth-order valence-electron chi connectivity index (χ4n) is 2.95. The van der Waals surface area contributed by atoms with Gasteiger partial charge in [0.05, 0.1) is 29.5 Å². The number of benzene rings is 3.